The van der Waals surface area contributed by atoms with Gasteiger partial charge in [-0.1, -0.05) is 53.6 Å². The molecule has 0 saturated carbocycles. The Hall–Kier alpha value is -1.01. The summed E-state index contributed by atoms with van der Waals surface area (Å²) in [5, 5.41) is 0.834. The van der Waals surface area contributed by atoms with E-state index < -0.39 is 0 Å². The maximum atomic E-state index is 5.97. The van der Waals surface area contributed by atoms with Gasteiger partial charge in [-0.3, -0.25) is 0 Å². The van der Waals surface area contributed by atoms with Crippen molar-refractivity contribution >= 4 is 11.6 Å². The lowest BCUT2D eigenvalue weighted by molar-refractivity contribution is 1.26. The van der Waals surface area contributed by atoms with Crippen molar-refractivity contribution in [1.29, 1.82) is 0 Å². The predicted octanol–water partition coefficient (Wildman–Crippen LogP) is 4.32. The van der Waals surface area contributed by atoms with E-state index in [1.165, 1.54) is 5.56 Å². The van der Waals surface area contributed by atoms with E-state index in [2.05, 4.69) is 18.2 Å². The van der Waals surface area contributed by atoms with E-state index in [0.29, 0.717) is 0 Å². The first-order chi connectivity index (χ1) is 6.70. The average Bonchev–Trinajstić information content (AvgIpc) is 2.19. The Morgan fingerprint density at radius 2 is 1.86 bits per heavy atom. The zero-order chi connectivity index (χ0) is 10.4. The van der Waals surface area contributed by atoms with E-state index in [4.69, 9.17) is 11.6 Å². The number of hydrogen-bond donors (Lipinski definition) is 0. The maximum Gasteiger partial charge on any atom is 0.0389 e. The molecule has 0 amide bonds. The predicted molar refractivity (Wildman–Crippen MR) is 63.5 cm³/mol. The van der Waals surface area contributed by atoms with Crippen molar-refractivity contribution in [2.24, 2.45) is 0 Å². The molecule has 1 aromatic rings. The molecule has 0 bridgehead atoms. The van der Waals surface area contributed by atoms with E-state index in [0.717, 1.165) is 17.0 Å². The molecule has 0 aliphatic carbocycles. The van der Waals surface area contributed by atoms with Gasteiger partial charge < -0.3 is 0 Å². The molecule has 0 radical (unpaired) electrons. The van der Waals surface area contributed by atoms with Gasteiger partial charge in [0.2, 0.25) is 0 Å². The van der Waals surface area contributed by atoms with Gasteiger partial charge in [0.1, 0.15) is 0 Å². The first kappa shape index (κ1) is 11.1. The standard InChI is InChI=1S/C13H15Cl/c1-11(2)13(14)10-6-9-12-7-4-3-5-8-12/h3-8,10H,9H2,1-2H3/b10-6+. The third-order valence-electron chi connectivity index (χ3n) is 1.94. The summed E-state index contributed by atoms with van der Waals surface area (Å²) in [6, 6.07) is 10.3. The van der Waals surface area contributed by atoms with Crippen LogP contribution in [-0.4, -0.2) is 0 Å². The Labute approximate surface area is 90.9 Å². The second kappa shape index (κ2) is 5.66. The van der Waals surface area contributed by atoms with Crippen LogP contribution in [-0.2, 0) is 6.42 Å². The van der Waals surface area contributed by atoms with Crippen molar-refractivity contribution in [3.05, 3.63) is 58.7 Å². The van der Waals surface area contributed by atoms with Crippen LogP contribution in [0.4, 0.5) is 0 Å². The molecule has 0 spiro atoms. The summed E-state index contributed by atoms with van der Waals surface area (Å²) in [5.74, 6) is 0. The second-order valence-electron chi connectivity index (χ2n) is 3.44. The van der Waals surface area contributed by atoms with Crippen molar-refractivity contribution in [2.45, 2.75) is 20.3 Å². The number of benzene rings is 1. The van der Waals surface area contributed by atoms with Crippen molar-refractivity contribution in [3.63, 3.8) is 0 Å². The number of halogens is 1. The first-order valence-corrected chi connectivity index (χ1v) is 5.11. The van der Waals surface area contributed by atoms with E-state index in [1.807, 2.05) is 38.1 Å². The summed E-state index contributed by atoms with van der Waals surface area (Å²) in [5.41, 5.74) is 2.46. The molecule has 0 aliphatic rings. The third kappa shape index (κ3) is 3.80. The van der Waals surface area contributed by atoms with E-state index in [1.54, 1.807) is 0 Å². The molecular weight excluding hydrogens is 192 g/mol. The smallest absolute Gasteiger partial charge is 0.0389 e. The molecule has 1 heteroatoms. The van der Waals surface area contributed by atoms with Crippen LogP contribution >= 0.6 is 11.6 Å². The summed E-state index contributed by atoms with van der Waals surface area (Å²) in [4.78, 5) is 0. The van der Waals surface area contributed by atoms with Crippen molar-refractivity contribution in [2.75, 3.05) is 0 Å². The van der Waals surface area contributed by atoms with Crippen LogP contribution in [0.5, 0.6) is 0 Å². The molecule has 0 N–H and O–H groups in total. The van der Waals surface area contributed by atoms with Crippen molar-refractivity contribution < 1.29 is 0 Å². The quantitative estimate of drug-likeness (QED) is 0.647. The van der Waals surface area contributed by atoms with Crippen molar-refractivity contribution in [1.82, 2.24) is 0 Å². The Morgan fingerprint density at radius 1 is 1.21 bits per heavy atom. The highest BCUT2D eigenvalue weighted by Gasteiger charge is 1.89. The number of rotatable bonds is 3. The summed E-state index contributed by atoms with van der Waals surface area (Å²) in [6.07, 6.45) is 4.99. The van der Waals surface area contributed by atoms with Gasteiger partial charge in [-0.15, -0.1) is 0 Å². The zero-order valence-corrected chi connectivity index (χ0v) is 9.38. The highest BCUT2D eigenvalue weighted by molar-refractivity contribution is 6.31. The lowest BCUT2D eigenvalue weighted by Crippen LogP contribution is -1.79. The van der Waals surface area contributed by atoms with Gasteiger partial charge in [0, 0.05) is 5.03 Å². The zero-order valence-electron chi connectivity index (χ0n) is 8.63. The fourth-order valence-electron chi connectivity index (χ4n) is 1.08. The van der Waals surface area contributed by atoms with Crippen LogP contribution in [0.3, 0.4) is 0 Å². The topological polar surface area (TPSA) is 0 Å². The van der Waals surface area contributed by atoms with Gasteiger partial charge in [-0.2, -0.15) is 0 Å². The minimum absolute atomic E-state index is 0.834. The third-order valence-corrected chi connectivity index (χ3v) is 2.44. The Morgan fingerprint density at radius 3 is 2.43 bits per heavy atom. The Bertz CT molecular complexity index is 330. The average molecular weight is 207 g/mol. The van der Waals surface area contributed by atoms with Gasteiger partial charge >= 0.3 is 0 Å². The second-order valence-corrected chi connectivity index (χ2v) is 3.85. The monoisotopic (exact) mass is 206 g/mol. The molecule has 0 aliphatic heterocycles. The Balaban J connectivity index is 2.54. The lowest BCUT2D eigenvalue weighted by atomic mass is 10.1. The molecule has 0 nitrogen and oxygen atoms in total. The van der Waals surface area contributed by atoms with Crippen LogP contribution in [0.2, 0.25) is 0 Å². The summed E-state index contributed by atoms with van der Waals surface area (Å²) in [7, 11) is 0. The number of hydrogen-bond acceptors (Lipinski definition) is 0. The molecule has 0 saturated heterocycles. The summed E-state index contributed by atoms with van der Waals surface area (Å²) in [6.45, 7) is 4.02. The van der Waals surface area contributed by atoms with E-state index >= 15 is 0 Å². The van der Waals surface area contributed by atoms with Gasteiger partial charge in [0.15, 0.2) is 0 Å². The first-order valence-electron chi connectivity index (χ1n) is 4.73. The van der Waals surface area contributed by atoms with Crippen LogP contribution in [0, 0.1) is 0 Å². The van der Waals surface area contributed by atoms with Crippen LogP contribution < -0.4 is 0 Å². The molecule has 0 unspecified atom stereocenters. The van der Waals surface area contributed by atoms with Gasteiger partial charge in [0.25, 0.3) is 0 Å². The van der Waals surface area contributed by atoms with Gasteiger partial charge in [-0.05, 0) is 31.9 Å². The van der Waals surface area contributed by atoms with Crippen molar-refractivity contribution in [3.8, 4) is 0 Å². The minimum atomic E-state index is 0.834. The van der Waals surface area contributed by atoms with E-state index in [9.17, 15) is 0 Å². The normalized spacial score (nSPS) is 10.5. The lowest BCUT2D eigenvalue weighted by Gasteiger charge is -1.95. The molecule has 74 valence electrons. The molecule has 0 atom stereocenters. The van der Waals surface area contributed by atoms with Gasteiger partial charge in [-0.25, -0.2) is 0 Å². The van der Waals surface area contributed by atoms with Crippen LogP contribution in [0.25, 0.3) is 0 Å². The molecule has 0 fully saturated rings. The maximum absolute atomic E-state index is 5.97. The summed E-state index contributed by atoms with van der Waals surface area (Å²) >= 11 is 5.97. The molecule has 0 aromatic heterocycles. The largest absolute Gasteiger partial charge is 0.0844 e. The molecular formula is C13H15Cl. The molecule has 1 aromatic carbocycles. The molecule has 1 rings (SSSR count). The summed E-state index contributed by atoms with van der Waals surface area (Å²) < 4.78 is 0. The minimum Gasteiger partial charge on any atom is -0.0844 e. The highest BCUT2D eigenvalue weighted by atomic mass is 35.5. The molecule has 14 heavy (non-hydrogen) atoms. The van der Waals surface area contributed by atoms with E-state index in [-0.39, 0.29) is 0 Å². The van der Waals surface area contributed by atoms with Crippen LogP contribution in [0.1, 0.15) is 19.4 Å². The fraction of sp³-hybridized carbons (Fsp3) is 0.231. The SMILES string of the molecule is CC(C)=C(Cl)/C=C/Cc1ccccc1. The van der Waals surface area contributed by atoms with Crippen LogP contribution in [0.15, 0.2) is 53.1 Å². The highest BCUT2D eigenvalue weighted by Crippen LogP contribution is 2.10. The van der Waals surface area contributed by atoms with Gasteiger partial charge in [0.05, 0.1) is 0 Å². The Kier molecular flexibility index (Phi) is 4.48. The molecule has 0 heterocycles. The number of allylic oxidation sites excluding steroid dienone is 4. The fourth-order valence-corrected chi connectivity index (χ4v) is 1.17.